The van der Waals surface area contributed by atoms with Crippen molar-refractivity contribution in [1.82, 2.24) is 9.69 Å². The first kappa shape index (κ1) is 25.1. The molecular weight excluding hydrogens is 430 g/mol. The highest BCUT2D eigenvalue weighted by atomic mass is 32.1. The number of primary amides is 1. The van der Waals surface area contributed by atoms with Crippen molar-refractivity contribution in [2.45, 2.75) is 59.0 Å². The molecule has 2 rings (SSSR count). The number of nitrogens with two attached hydrogens (primary N) is 2. The van der Waals surface area contributed by atoms with Crippen molar-refractivity contribution in [2.75, 3.05) is 17.2 Å². The predicted octanol–water partition coefficient (Wildman–Crippen LogP) is 2.95. The Balaban J connectivity index is 2.42. The second-order valence-electron chi connectivity index (χ2n) is 8.42. The fourth-order valence-electron chi connectivity index (χ4n) is 2.88. The fourth-order valence-corrected chi connectivity index (χ4v) is 3.63. The Morgan fingerprint density at radius 2 is 1.84 bits per heavy atom. The highest BCUT2D eigenvalue weighted by Gasteiger charge is 2.33. The Morgan fingerprint density at radius 3 is 2.34 bits per heavy atom. The maximum absolute atomic E-state index is 13.5. The minimum absolute atomic E-state index is 0.0393. The summed E-state index contributed by atoms with van der Waals surface area (Å²) in [5.74, 6) is -1.05. The van der Waals surface area contributed by atoms with Crippen molar-refractivity contribution in [3.05, 3.63) is 34.8 Å². The molecular formula is C22H31N5O4S. The van der Waals surface area contributed by atoms with E-state index in [-0.39, 0.29) is 22.2 Å². The Labute approximate surface area is 192 Å². The minimum atomic E-state index is -0.868. The van der Waals surface area contributed by atoms with E-state index < -0.39 is 23.4 Å². The molecule has 174 valence electrons. The number of hydrogen-bond donors (Lipinski definition) is 3. The minimum Gasteiger partial charge on any atom is -0.494 e. The lowest BCUT2D eigenvalue weighted by Crippen LogP contribution is -2.52. The van der Waals surface area contributed by atoms with Crippen LogP contribution in [0.15, 0.2) is 24.3 Å². The highest BCUT2D eigenvalue weighted by molar-refractivity contribution is 7.09. The van der Waals surface area contributed by atoms with Gasteiger partial charge in [0, 0.05) is 11.2 Å². The maximum Gasteiger partial charge on any atom is 0.272 e. The van der Waals surface area contributed by atoms with Crippen molar-refractivity contribution < 1.29 is 19.1 Å². The molecule has 0 unspecified atom stereocenters. The number of nitrogens with zero attached hydrogens (tertiary/aromatic N) is 2. The molecule has 3 amide bonds. The number of unbranched alkanes of at least 4 members (excludes halogenated alkanes) is 1. The standard InChI is InChI=1S/C22H31N5O4S/c1-6-7-12-31-15-10-8-14(9-11-15)27(13(2)20(29)25-22(3,4)5)21(30)18-16(23)17(19(24)28)26-32-18/h8-11,13H,6-7,12,23H2,1-5H3,(H2,24,28)(H,25,29)/t13-/m0/s1. The lowest BCUT2D eigenvalue weighted by Gasteiger charge is -2.31. The molecule has 0 saturated carbocycles. The van der Waals surface area contributed by atoms with E-state index in [1.807, 2.05) is 20.8 Å². The lowest BCUT2D eigenvalue weighted by atomic mass is 10.1. The van der Waals surface area contributed by atoms with Crippen LogP contribution in [0.2, 0.25) is 0 Å². The van der Waals surface area contributed by atoms with Crippen LogP contribution in [-0.4, -0.2) is 40.3 Å². The number of aromatic nitrogens is 1. The van der Waals surface area contributed by atoms with Crippen LogP contribution in [0.5, 0.6) is 5.75 Å². The zero-order valence-corrected chi connectivity index (χ0v) is 19.9. The van der Waals surface area contributed by atoms with Gasteiger partial charge in [-0.25, -0.2) is 0 Å². The summed E-state index contributed by atoms with van der Waals surface area (Å²) in [5, 5.41) is 2.88. The van der Waals surface area contributed by atoms with E-state index in [1.165, 1.54) is 4.90 Å². The van der Waals surface area contributed by atoms with Gasteiger partial charge in [0.25, 0.3) is 11.8 Å². The number of nitrogens with one attached hydrogen (secondary N) is 1. The summed E-state index contributed by atoms with van der Waals surface area (Å²) in [6.45, 7) is 9.85. The van der Waals surface area contributed by atoms with Gasteiger partial charge in [-0.3, -0.25) is 19.3 Å². The van der Waals surface area contributed by atoms with Crippen LogP contribution < -0.4 is 26.4 Å². The van der Waals surface area contributed by atoms with E-state index in [0.717, 1.165) is 24.4 Å². The van der Waals surface area contributed by atoms with Crippen LogP contribution in [0.25, 0.3) is 0 Å². The molecule has 0 aliphatic carbocycles. The quantitative estimate of drug-likeness (QED) is 0.490. The number of amides is 3. The molecule has 32 heavy (non-hydrogen) atoms. The molecule has 0 saturated heterocycles. The molecule has 9 nitrogen and oxygen atoms in total. The number of hydrogen-bond acceptors (Lipinski definition) is 7. The van der Waals surface area contributed by atoms with E-state index in [9.17, 15) is 14.4 Å². The average molecular weight is 462 g/mol. The number of benzene rings is 1. The molecule has 0 radical (unpaired) electrons. The van der Waals surface area contributed by atoms with Crippen molar-refractivity contribution in [1.29, 1.82) is 0 Å². The van der Waals surface area contributed by atoms with Gasteiger partial charge in [0.1, 0.15) is 16.7 Å². The van der Waals surface area contributed by atoms with Gasteiger partial charge >= 0.3 is 0 Å². The average Bonchev–Trinajstić information content (AvgIpc) is 3.09. The van der Waals surface area contributed by atoms with Crippen LogP contribution >= 0.6 is 11.5 Å². The van der Waals surface area contributed by atoms with Crippen LogP contribution in [0.3, 0.4) is 0 Å². The third-order valence-electron chi connectivity index (χ3n) is 4.52. The molecule has 5 N–H and O–H groups in total. The first-order chi connectivity index (χ1) is 15.0. The summed E-state index contributed by atoms with van der Waals surface area (Å²) in [5.41, 5.74) is 11.0. The normalized spacial score (nSPS) is 12.2. The zero-order valence-electron chi connectivity index (χ0n) is 19.1. The van der Waals surface area contributed by atoms with Gasteiger partial charge < -0.3 is 21.5 Å². The summed E-state index contributed by atoms with van der Waals surface area (Å²) in [4.78, 5) is 39.3. The Kier molecular flexibility index (Phi) is 8.20. The molecule has 1 aromatic heterocycles. The van der Waals surface area contributed by atoms with E-state index in [2.05, 4.69) is 16.6 Å². The largest absolute Gasteiger partial charge is 0.494 e. The SMILES string of the molecule is CCCCOc1ccc(N(C(=O)c2snc(C(N)=O)c2N)[C@@H](C)C(=O)NC(C)(C)C)cc1. The highest BCUT2D eigenvalue weighted by Crippen LogP contribution is 2.29. The van der Waals surface area contributed by atoms with Gasteiger partial charge in [-0.1, -0.05) is 13.3 Å². The fraction of sp³-hybridized carbons (Fsp3) is 0.455. The topological polar surface area (TPSA) is 141 Å². The van der Waals surface area contributed by atoms with Crippen LogP contribution in [0.1, 0.15) is 67.6 Å². The molecule has 1 atom stereocenters. The smallest absolute Gasteiger partial charge is 0.272 e. The van der Waals surface area contributed by atoms with Crippen molar-refractivity contribution >= 4 is 40.6 Å². The molecule has 0 bridgehead atoms. The second kappa shape index (κ2) is 10.4. The number of nitrogen functional groups attached to an aromatic ring is 1. The molecule has 0 fully saturated rings. The number of ether oxygens (including phenoxy) is 1. The Hall–Kier alpha value is -3.14. The van der Waals surface area contributed by atoms with Crippen LogP contribution in [0.4, 0.5) is 11.4 Å². The monoisotopic (exact) mass is 461 g/mol. The summed E-state index contributed by atoms with van der Waals surface area (Å²) < 4.78 is 9.59. The molecule has 1 heterocycles. The predicted molar refractivity (Wildman–Crippen MR) is 126 cm³/mol. The molecule has 2 aromatic rings. The van der Waals surface area contributed by atoms with Crippen LogP contribution in [-0.2, 0) is 4.79 Å². The third-order valence-corrected chi connectivity index (χ3v) is 5.37. The van der Waals surface area contributed by atoms with Crippen molar-refractivity contribution in [3.8, 4) is 5.75 Å². The van der Waals surface area contributed by atoms with Crippen molar-refractivity contribution in [3.63, 3.8) is 0 Å². The van der Waals surface area contributed by atoms with Gasteiger partial charge in [0.2, 0.25) is 5.91 Å². The molecule has 0 aliphatic rings. The summed E-state index contributed by atoms with van der Waals surface area (Å²) in [7, 11) is 0. The van der Waals surface area contributed by atoms with Gasteiger partial charge in [0.15, 0.2) is 5.69 Å². The van der Waals surface area contributed by atoms with Gasteiger partial charge in [-0.15, -0.1) is 0 Å². The Morgan fingerprint density at radius 1 is 1.22 bits per heavy atom. The van der Waals surface area contributed by atoms with Gasteiger partial charge in [-0.05, 0) is 69.9 Å². The third kappa shape index (κ3) is 6.19. The first-order valence-electron chi connectivity index (χ1n) is 10.4. The molecule has 0 spiro atoms. The summed E-state index contributed by atoms with van der Waals surface area (Å²) >= 11 is 0.771. The van der Waals surface area contributed by atoms with E-state index in [4.69, 9.17) is 16.2 Å². The number of rotatable bonds is 9. The Bertz CT molecular complexity index is 966. The maximum atomic E-state index is 13.5. The van der Waals surface area contributed by atoms with E-state index >= 15 is 0 Å². The van der Waals surface area contributed by atoms with E-state index in [0.29, 0.717) is 18.0 Å². The van der Waals surface area contributed by atoms with Crippen molar-refractivity contribution in [2.24, 2.45) is 5.73 Å². The molecule has 10 heteroatoms. The summed E-state index contributed by atoms with van der Waals surface area (Å²) in [6, 6.07) is 6.01. The van der Waals surface area contributed by atoms with Gasteiger partial charge in [-0.2, -0.15) is 4.37 Å². The second-order valence-corrected chi connectivity index (χ2v) is 9.20. The zero-order chi connectivity index (χ0) is 24.1. The number of carbonyl (C=O) groups excluding carboxylic acids is 3. The summed E-state index contributed by atoms with van der Waals surface area (Å²) in [6.07, 6.45) is 1.95. The molecule has 1 aromatic carbocycles. The first-order valence-corrected chi connectivity index (χ1v) is 11.2. The number of carbonyl (C=O) groups is 3. The van der Waals surface area contributed by atoms with E-state index in [1.54, 1.807) is 31.2 Å². The lowest BCUT2D eigenvalue weighted by molar-refractivity contribution is -0.123. The van der Waals surface area contributed by atoms with Gasteiger partial charge in [0.05, 0.1) is 12.3 Å². The number of anilines is 2. The molecule has 0 aliphatic heterocycles. The van der Waals surface area contributed by atoms with Crippen LogP contribution in [0, 0.1) is 0 Å².